The van der Waals surface area contributed by atoms with Crippen LogP contribution in [0.25, 0.3) is 0 Å². The molecule has 3 heterocycles. The first-order valence-corrected chi connectivity index (χ1v) is 7.65. The van der Waals surface area contributed by atoms with Gasteiger partial charge in [-0.05, 0) is 25.0 Å². The van der Waals surface area contributed by atoms with Gasteiger partial charge in [0.1, 0.15) is 0 Å². The molecule has 23 heavy (non-hydrogen) atoms. The van der Waals surface area contributed by atoms with Gasteiger partial charge in [0.25, 0.3) is 0 Å². The maximum absolute atomic E-state index is 12.7. The lowest BCUT2D eigenvalue weighted by atomic mass is 9.68. The van der Waals surface area contributed by atoms with E-state index in [4.69, 9.17) is 4.74 Å². The number of carbonyl (C=O) groups excluding carboxylic acids is 3. The van der Waals surface area contributed by atoms with Gasteiger partial charge in [-0.1, -0.05) is 18.2 Å². The minimum atomic E-state index is -1.34. The number of nitrogens with one attached hydrogen (secondary N) is 2. The van der Waals surface area contributed by atoms with Gasteiger partial charge >= 0.3 is 6.03 Å². The Morgan fingerprint density at radius 3 is 2.61 bits per heavy atom. The van der Waals surface area contributed by atoms with E-state index in [2.05, 4.69) is 15.5 Å². The molecule has 0 aliphatic carbocycles. The molecule has 1 aromatic carbocycles. The number of ether oxygens (including phenoxy) is 1. The monoisotopic (exact) mass is 315 g/mol. The van der Waals surface area contributed by atoms with Crippen molar-refractivity contribution < 1.29 is 19.1 Å². The van der Waals surface area contributed by atoms with Gasteiger partial charge in [0, 0.05) is 12.2 Å². The van der Waals surface area contributed by atoms with Crippen LogP contribution in [0.15, 0.2) is 24.3 Å². The number of benzene rings is 1. The Bertz CT molecular complexity index is 697. The molecule has 7 nitrogen and oxygen atoms in total. The van der Waals surface area contributed by atoms with Crippen LogP contribution in [0, 0.1) is 5.41 Å². The zero-order valence-electron chi connectivity index (χ0n) is 12.7. The number of carbonyl (C=O) groups is 3. The largest absolute Gasteiger partial charge is 0.374 e. The van der Waals surface area contributed by atoms with Crippen molar-refractivity contribution in [3.63, 3.8) is 0 Å². The van der Waals surface area contributed by atoms with Crippen molar-refractivity contribution in [3.05, 3.63) is 29.8 Å². The Hall–Kier alpha value is -2.41. The van der Waals surface area contributed by atoms with Crippen LogP contribution in [0.4, 0.5) is 10.5 Å². The zero-order valence-corrected chi connectivity index (χ0v) is 12.7. The fourth-order valence-electron chi connectivity index (χ4n) is 3.86. The summed E-state index contributed by atoms with van der Waals surface area (Å²) in [6, 6.07) is 6.56. The molecule has 4 amide bonds. The van der Waals surface area contributed by atoms with E-state index in [-0.39, 0.29) is 19.1 Å². The average molecular weight is 315 g/mol. The third kappa shape index (κ3) is 1.89. The van der Waals surface area contributed by atoms with Crippen LogP contribution in [-0.4, -0.2) is 43.1 Å². The third-order valence-electron chi connectivity index (χ3n) is 4.97. The van der Waals surface area contributed by atoms with Crippen molar-refractivity contribution in [2.45, 2.75) is 25.5 Å². The van der Waals surface area contributed by atoms with Crippen molar-refractivity contribution >= 4 is 23.5 Å². The number of rotatable bonds is 0. The number of hydrogen-bond donors (Lipinski definition) is 2. The molecule has 0 unspecified atom stereocenters. The predicted octanol–water partition coefficient (Wildman–Crippen LogP) is 0.189. The smallest absolute Gasteiger partial charge is 0.328 e. The molecule has 3 aliphatic rings. The quantitative estimate of drug-likeness (QED) is 0.667. The third-order valence-corrected chi connectivity index (χ3v) is 4.97. The van der Waals surface area contributed by atoms with Crippen LogP contribution in [0.5, 0.6) is 0 Å². The minimum Gasteiger partial charge on any atom is -0.374 e. The number of anilines is 1. The summed E-state index contributed by atoms with van der Waals surface area (Å²) < 4.78 is 5.73. The van der Waals surface area contributed by atoms with Gasteiger partial charge in [-0.15, -0.1) is 0 Å². The summed E-state index contributed by atoms with van der Waals surface area (Å²) in [5, 5.41) is 4.51. The lowest BCUT2D eigenvalue weighted by Gasteiger charge is -2.52. The first kappa shape index (κ1) is 14.2. The Morgan fingerprint density at radius 1 is 1.17 bits per heavy atom. The number of amides is 4. The second-order valence-corrected chi connectivity index (χ2v) is 6.33. The number of hydrogen-bond acceptors (Lipinski definition) is 5. The summed E-state index contributed by atoms with van der Waals surface area (Å²) in [6.45, 7) is 2.83. The van der Waals surface area contributed by atoms with Crippen LogP contribution < -0.4 is 15.5 Å². The van der Waals surface area contributed by atoms with Crippen LogP contribution in [0.3, 0.4) is 0 Å². The number of barbiturate groups is 1. The van der Waals surface area contributed by atoms with Gasteiger partial charge in [0.15, 0.2) is 5.41 Å². The number of imide groups is 2. The molecule has 0 saturated carbocycles. The summed E-state index contributed by atoms with van der Waals surface area (Å²) in [6.07, 6.45) is 0.262. The van der Waals surface area contributed by atoms with Crippen molar-refractivity contribution in [1.29, 1.82) is 0 Å². The van der Waals surface area contributed by atoms with E-state index >= 15 is 0 Å². The van der Waals surface area contributed by atoms with Gasteiger partial charge in [-0.25, -0.2) is 4.79 Å². The normalized spacial score (nSPS) is 28.7. The highest BCUT2D eigenvalue weighted by atomic mass is 16.5. The summed E-state index contributed by atoms with van der Waals surface area (Å²) in [5.74, 6) is -1.09. The second-order valence-electron chi connectivity index (χ2n) is 6.33. The van der Waals surface area contributed by atoms with Crippen LogP contribution in [0.2, 0.25) is 0 Å². The van der Waals surface area contributed by atoms with Gasteiger partial charge in [-0.2, -0.15) is 0 Å². The highest BCUT2D eigenvalue weighted by Crippen LogP contribution is 2.44. The van der Waals surface area contributed by atoms with E-state index in [1.54, 1.807) is 0 Å². The first-order valence-electron chi connectivity index (χ1n) is 7.65. The highest BCUT2D eigenvalue weighted by molar-refractivity contribution is 6.20. The van der Waals surface area contributed by atoms with Crippen LogP contribution in [-0.2, 0) is 20.7 Å². The van der Waals surface area contributed by atoms with E-state index in [0.29, 0.717) is 6.54 Å². The maximum atomic E-state index is 12.7. The Morgan fingerprint density at radius 2 is 1.87 bits per heavy atom. The molecule has 0 radical (unpaired) electrons. The van der Waals surface area contributed by atoms with E-state index < -0.39 is 29.3 Å². The SMILES string of the molecule is C[C@@H]1CN2c3ccccc3CC3(C(=O)NC(=O)NC3=O)[C@H]2CO1. The predicted molar refractivity (Wildman–Crippen MR) is 80.8 cm³/mol. The molecule has 2 saturated heterocycles. The molecule has 3 aliphatic heterocycles. The second kappa shape index (κ2) is 4.79. The van der Waals surface area contributed by atoms with Crippen molar-refractivity contribution in [2.24, 2.45) is 5.41 Å². The number of fused-ring (bicyclic) bond motifs is 4. The number of morpholine rings is 1. The molecule has 0 bridgehead atoms. The zero-order chi connectivity index (χ0) is 16.2. The standard InChI is InChI=1S/C16H17N3O4/c1-9-7-19-11-5-3-2-4-10(11)6-16(12(19)8-23-9)13(20)17-15(22)18-14(16)21/h2-5,9,12H,6-8H2,1H3,(H2,17,18,20,21,22)/t9-,12-/m1/s1. The molecule has 4 rings (SSSR count). The van der Waals surface area contributed by atoms with Gasteiger partial charge in [0.2, 0.25) is 11.8 Å². The van der Waals surface area contributed by atoms with Crippen LogP contribution in [0.1, 0.15) is 12.5 Å². The molecule has 0 aromatic heterocycles. The molecule has 7 heteroatoms. The summed E-state index contributed by atoms with van der Waals surface area (Å²) in [4.78, 5) is 38.9. The number of nitrogens with zero attached hydrogens (tertiary/aromatic N) is 1. The molecular formula is C16H17N3O4. The Kier molecular flexibility index (Phi) is 2.96. The van der Waals surface area contributed by atoms with Crippen LogP contribution >= 0.6 is 0 Å². The summed E-state index contributed by atoms with van der Waals surface area (Å²) in [5.41, 5.74) is 0.607. The fourth-order valence-corrected chi connectivity index (χ4v) is 3.86. The molecule has 2 N–H and O–H groups in total. The van der Waals surface area contributed by atoms with E-state index in [1.165, 1.54) is 0 Å². The lowest BCUT2D eigenvalue weighted by Crippen LogP contribution is -2.73. The molecule has 1 spiro atoms. The minimum absolute atomic E-state index is 0.00537. The molecule has 2 fully saturated rings. The van der Waals surface area contributed by atoms with Gasteiger partial charge < -0.3 is 9.64 Å². The summed E-state index contributed by atoms with van der Waals surface area (Å²) >= 11 is 0. The molecule has 2 atom stereocenters. The van der Waals surface area contributed by atoms with Gasteiger partial charge in [0.05, 0.1) is 18.8 Å². The number of urea groups is 1. The van der Waals surface area contributed by atoms with E-state index in [1.807, 2.05) is 31.2 Å². The Balaban J connectivity index is 1.87. The topological polar surface area (TPSA) is 87.7 Å². The first-order chi connectivity index (χ1) is 11.0. The van der Waals surface area contributed by atoms with Crippen molar-refractivity contribution in [2.75, 3.05) is 18.1 Å². The highest BCUT2D eigenvalue weighted by Gasteiger charge is 2.60. The van der Waals surface area contributed by atoms with Crippen molar-refractivity contribution in [3.8, 4) is 0 Å². The molecular weight excluding hydrogens is 298 g/mol. The Labute approximate surface area is 133 Å². The number of para-hydroxylation sites is 1. The molecule has 120 valence electrons. The average Bonchev–Trinajstić information content (AvgIpc) is 2.52. The fraction of sp³-hybridized carbons (Fsp3) is 0.438. The lowest BCUT2D eigenvalue weighted by molar-refractivity contribution is -0.149. The maximum Gasteiger partial charge on any atom is 0.328 e. The van der Waals surface area contributed by atoms with Gasteiger partial charge in [-0.3, -0.25) is 20.2 Å². The van der Waals surface area contributed by atoms with Crippen molar-refractivity contribution in [1.82, 2.24) is 10.6 Å². The van der Waals surface area contributed by atoms with E-state index in [0.717, 1.165) is 11.3 Å². The van der Waals surface area contributed by atoms with E-state index in [9.17, 15) is 14.4 Å². The molecule has 1 aromatic rings. The summed E-state index contributed by atoms with van der Waals surface area (Å²) in [7, 11) is 0.